The highest BCUT2D eigenvalue weighted by Gasteiger charge is 2.33. The topological polar surface area (TPSA) is 55.8 Å². The molecule has 0 fully saturated rings. The number of benzene rings is 1. The number of thiophene rings is 1. The van der Waals surface area contributed by atoms with Crippen LogP contribution in [0.3, 0.4) is 0 Å². The number of ether oxygens (including phenoxy) is 2. The average Bonchev–Trinajstić information content (AvgIpc) is 3.09. The SMILES string of the molecule is C=C/C=C/C(=O)Oc1cc2c(s1)CCN(C(C(=O)OC)c1ccccc1Cl)C2. The molecule has 146 valence electrons. The second-order valence-corrected chi connectivity index (χ2v) is 7.70. The normalized spacial score (nSPS) is 15.1. The summed E-state index contributed by atoms with van der Waals surface area (Å²) in [6.45, 7) is 4.73. The van der Waals surface area contributed by atoms with Crippen LogP contribution in [0.4, 0.5) is 0 Å². The number of hydrogen-bond acceptors (Lipinski definition) is 6. The Morgan fingerprint density at radius 2 is 2.14 bits per heavy atom. The molecule has 0 bridgehead atoms. The minimum Gasteiger partial charge on any atom is -0.468 e. The summed E-state index contributed by atoms with van der Waals surface area (Å²) in [7, 11) is 1.38. The third kappa shape index (κ3) is 4.52. The smallest absolute Gasteiger partial charge is 0.336 e. The molecule has 0 saturated carbocycles. The van der Waals surface area contributed by atoms with Crippen molar-refractivity contribution in [3.05, 3.63) is 76.2 Å². The van der Waals surface area contributed by atoms with Crippen molar-refractivity contribution in [1.29, 1.82) is 0 Å². The van der Waals surface area contributed by atoms with Crippen LogP contribution in [-0.2, 0) is 27.3 Å². The van der Waals surface area contributed by atoms with Crippen LogP contribution in [0.5, 0.6) is 5.06 Å². The van der Waals surface area contributed by atoms with Gasteiger partial charge in [0, 0.05) is 29.1 Å². The van der Waals surface area contributed by atoms with Gasteiger partial charge in [-0.25, -0.2) is 9.59 Å². The molecule has 2 heterocycles. The lowest BCUT2D eigenvalue weighted by atomic mass is 10.0. The summed E-state index contributed by atoms with van der Waals surface area (Å²) in [6, 6.07) is 8.55. The highest BCUT2D eigenvalue weighted by molar-refractivity contribution is 7.14. The maximum absolute atomic E-state index is 12.5. The van der Waals surface area contributed by atoms with Crippen LogP contribution in [0.15, 0.2) is 55.1 Å². The Labute approximate surface area is 172 Å². The van der Waals surface area contributed by atoms with E-state index in [-0.39, 0.29) is 5.97 Å². The van der Waals surface area contributed by atoms with Crippen LogP contribution in [0.2, 0.25) is 5.02 Å². The summed E-state index contributed by atoms with van der Waals surface area (Å²) in [5.41, 5.74) is 1.75. The lowest BCUT2D eigenvalue weighted by molar-refractivity contribution is -0.147. The number of carbonyl (C=O) groups excluding carboxylic acids is 2. The average molecular weight is 418 g/mol. The molecule has 0 spiro atoms. The monoisotopic (exact) mass is 417 g/mol. The number of allylic oxidation sites excluding steroid dienone is 2. The van der Waals surface area contributed by atoms with Gasteiger partial charge in [-0.05, 0) is 29.7 Å². The van der Waals surface area contributed by atoms with Crippen molar-refractivity contribution in [2.75, 3.05) is 13.7 Å². The van der Waals surface area contributed by atoms with Crippen LogP contribution >= 0.6 is 22.9 Å². The fourth-order valence-electron chi connectivity index (χ4n) is 3.16. The van der Waals surface area contributed by atoms with E-state index in [1.807, 2.05) is 29.2 Å². The molecule has 3 rings (SSSR count). The van der Waals surface area contributed by atoms with Crippen molar-refractivity contribution in [2.24, 2.45) is 0 Å². The van der Waals surface area contributed by atoms with Gasteiger partial charge in [0.1, 0.15) is 6.04 Å². The van der Waals surface area contributed by atoms with Gasteiger partial charge in [-0.2, -0.15) is 0 Å². The molecule has 0 amide bonds. The van der Waals surface area contributed by atoms with E-state index < -0.39 is 12.0 Å². The van der Waals surface area contributed by atoms with E-state index in [4.69, 9.17) is 21.1 Å². The number of hydrogen-bond donors (Lipinski definition) is 0. The van der Waals surface area contributed by atoms with E-state index >= 15 is 0 Å². The van der Waals surface area contributed by atoms with Crippen LogP contribution in [0, 0.1) is 0 Å². The van der Waals surface area contributed by atoms with Crippen LogP contribution in [0.25, 0.3) is 0 Å². The van der Waals surface area contributed by atoms with Gasteiger partial charge in [0.2, 0.25) is 0 Å². The first-order valence-corrected chi connectivity index (χ1v) is 9.91. The standard InChI is InChI=1S/C21H20ClNO4S/c1-3-4-9-18(24)27-19-12-14-13-23(11-10-17(14)28-19)20(21(25)26-2)15-7-5-6-8-16(15)22/h3-9,12,20H,1,10-11,13H2,2H3/b9-4+. The van der Waals surface area contributed by atoms with Crippen molar-refractivity contribution in [3.8, 4) is 5.06 Å². The Kier molecular flexibility index (Phi) is 6.67. The Bertz CT molecular complexity index is 921. The molecule has 0 radical (unpaired) electrons. The van der Waals surface area contributed by atoms with E-state index in [1.54, 1.807) is 6.07 Å². The lowest BCUT2D eigenvalue weighted by Crippen LogP contribution is -2.38. The van der Waals surface area contributed by atoms with Gasteiger partial charge in [0.05, 0.1) is 7.11 Å². The largest absolute Gasteiger partial charge is 0.468 e. The zero-order chi connectivity index (χ0) is 20.1. The zero-order valence-electron chi connectivity index (χ0n) is 15.4. The Morgan fingerprint density at radius 3 is 2.86 bits per heavy atom. The van der Waals surface area contributed by atoms with Crippen LogP contribution < -0.4 is 4.74 Å². The van der Waals surface area contributed by atoms with Gasteiger partial charge in [0.25, 0.3) is 0 Å². The van der Waals surface area contributed by atoms with E-state index in [2.05, 4.69) is 6.58 Å². The maximum atomic E-state index is 12.5. The molecule has 1 atom stereocenters. The summed E-state index contributed by atoms with van der Waals surface area (Å²) >= 11 is 7.79. The lowest BCUT2D eigenvalue weighted by Gasteiger charge is -2.33. The summed E-state index contributed by atoms with van der Waals surface area (Å²) in [4.78, 5) is 27.5. The molecular weight excluding hydrogens is 398 g/mol. The molecule has 7 heteroatoms. The summed E-state index contributed by atoms with van der Waals surface area (Å²) < 4.78 is 10.4. The molecule has 1 unspecified atom stereocenters. The van der Waals surface area contributed by atoms with Gasteiger partial charge in [-0.15, -0.1) is 11.3 Å². The molecular formula is C21H20ClNO4S. The third-order valence-electron chi connectivity index (χ3n) is 4.43. The predicted molar refractivity (Wildman–Crippen MR) is 110 cm³/mol. The van der Waals surface area contributed by atoms with Gasteiger partial charge in [-0.3, -0.25) is 4.90 Å². The molecule has 0 N–H and O–H groups in total. The van der Waals surface area contributed by atoms with Crippen molar-refractivity contribution in [3.63, 3.8) is 0 Å². The van der Waals surface area contributed by atoms with Crippen LogP contribution in [0.1, 0.15) is 22.0 Å². The third-order valence-corrected chi connectivity index (χ3v) is 5.89. The molecule has 1 aromatic carbocycles. The number of rotatable bonds is 6. The first kappa shape index (κ1) is 20.3. The van der Waals surface area contributed by atoms with Crippen LogP contribution in [-0.4, -0.2) is 30.5 Å². The summed E-state index contributed by atoms with van der Waals surface area (Å²) in [5.74, 6) is -0.799. The van der Waals surface area contributed by atoms with Crippen molar-refractivity contribution >= 4 is 34.9 Å². The number of carbonyl (C=O) groups is 2. The van der Waals surface area contributed by atoms with E-state index in [9.17, 15) is 9.59 Å². The number of methoxy groups -OCH3 is 1. The van der Waals surface area contributed by atoms with Gasteiger partial charge >= 0.3 is 11.9 Å². The molecule has 2 aromatic rings. The first-order valence-electron chi connectivity index (χ1n) is 8.72. The molecule has 5 nitrogen and oxygen atoms in total. The molecule has 1 aliphatic heterocycles. The van der Waals surface area contributed by atoms with Gasteiger partial charge in [0.15, 0.2) is 5.06 Å². The predicted octanol–water partition coefficient (Wildman–Crippen LogP) is 4.32. The highest BCUT2D eigenvalue weighted by Crippen LogP contribution is 2.37. The number of esters is 2. The van der Waals surface area contributed by atoms with Crippen molar-refractivity contribution < 1.29 is 19.1 Å². The highest BCUT2D eigenvalue weighted by atomic mass is 35.5. The molecule has 1 aromatic heterocycles. The molecule has 0 aliphatic carbocycles. The Balaban J connectivity index is 1.82. The first-order chi connectivity index (χ1) is 13.5. The zero-order valence-corrected chi connectivity index (χ0v) is 17.0. The quantitative estimate of drug-likeness (QED) is 0.398. The number of nitrogens with zero attached hydrogens (tertiary/aromatic N) is 1. The fraction of sp³-hybridized carbons (Fsp3) is 0.238. The summed E-state index contributed by atoms with van der Waals surface area (Å²) in [5, 5.41) is 1.07. The van der Waals surface area contributed by atoms with E-state index in [1.165, 1.54) is 36.7 Å². The fourth-order valence-corrected chi connectivity index (χ4v) is 4.41. The minimum absolute atomic E-state index is 0.354. The van der Waals surface area contributed by atoms with Crippen molar-refractivity contribution in [2.45, 2.75) is 19.0 Å². The second kappa shape index (κ2) is 9.19. The van der Waals surface area contributed by atoms with Crippen molar-refractivity contribution in [1.82, 2.24) is 4.90 Å². The maximum Gasteiger partial charge on any atom is 0.336 e. The Morgan fingerprint density at radius 1 is 1.36 bits per heavy atom. The van der Waals surface area contributed by atoms with E-state index in [0.29, 0.717) is 23.2 Å². The Hall–Kier alpha value is -2.41. The minimum atomic E-state index is -0.590. The molecule has 1 aliphatic rings. The van der Waals surface area contributed by atoms with Gasteiger partial charge in [-0.1, -0.05) is 48.5 Å². The van der Waals surface area contributed by atoms with Gasteiger partial charge < -0.3 is 9.47 Å². The molecule has 28 heavy (non-hydrogen) atoms. The second-order valence-electron chi connectivity index (χ2n) is 6.20. The summed E-state index contributed by atoms with van der Waals surface area (Å²) in [6.07, 6.45) is 5.11. The molecule has 0 saturated heterocycles. The number of fused-ring (bicyclic) bond motifs is 1. The van der Waals surface area contributed by atoms with E-state index in [0.717, 1.165) is 22.4 Å². The number of halogens is 1.